The van der Waals surface area contributed by atoms with Crippen molar-refractivity contribution in [2.45, 2.75) is 33.9 Å². The van der Waals surface area contributed by atoms with Gasteiger partial charge < -0.3 is 9.64 Å². The first-order valence-corrected chi connectivity index (χ1v) is 16.0. The van der Waals surface area contributed by atoms with Crippen LogP contribution in [0.3, 0.4) is 0 Å². The molecule has 0 aliphatic carbocycles. The normalized spacial score (nSPS) is 15.4. The van der Waals surface area contributed by atoms with E-state index in [1.807, 2.05) is 23.6 Å². The molecule has 7 heteroatoms. The molecule has 3 heterocycles. The molecule has 3 aromatic carbocycles. The number of rotatable bonds is 7. The summed E-state index contributed by atoms with van der Waals surface area (Å²) < 4.78 is 12.8. The van der Waals surface area contributed by atoms with E-state index >= 15 is 0 Å². The number of anilines is 1. The van der Waals surface area contributed by atoms with Crippen molar-refractivity contribution in [1.82, 2.24) is 4.57 Å². The Morgan fingerprint density at radius 3 is 2.55 bits per heavy atom. The number of benzene rings is 3. The van der Waals surface area contributed by atoms with Crippen LogP contribution < -0.4 is 24.2 Å². The number of nitrogens with zero attached hydrogens (tertiary/aromatic N) is 3. The molecule has 212 valence electrons. The lowest BCUT2D eigenvalue weighted by molar-refractivity contribution is -0.665. The Labute approximate surface area is 253 Å². The Hall–Kier alpha value is -4.20. The van der Waals surface area contributed by atoms with E-state index in [4.69, 9.17) is 4.74 Å². The highest BCUT2D eigenvalue weighted by molar-refractivity contribution is 7.19. The second-order valence-corrected chi connectivity index (χ2v) is 12.1. The smallest absolute Gasteiger partial charge is 0.269 e. The van der Waals surface area contributed by atoms with Gasteiger partial charge in [-0.15, -0.1) is 11.3 Å². The first-order chi connectivity index (χ1) is 20.6. The van der Waals surface area contributed by atoms with Gasteiger partial charge in [0.2, 0.25) is 5.52 Å². The standard InChI is InChI=1S/C35H34N3O2S2/c1-5-36-21-20-25(27-13-10-11-15-29(27)36)17-19-31-35(39)38(7-3)33(41-31)23-26(40-4)22-32-37(6-2)30-18-16-24-12-8-9-14-28(24)34(30)42-32/h8-23H,5-7H2,1-4H3/q+1. The molecule has 0 unspecified atom stereocenters. The molecule has 5 nitrogen and oxygen atoms in total. The van der Waals surface area contributed by atoms with Crippen molar-refractivity contribution in [3.05, 3.63) is 115 Å². The largest absolute Gasteiger partial charge is 0.496 e. The summed E-state index contributed by atoms with van der Waals surface area (Å²) in [6.45, 7) is 8.65. The predicted octanol–water partition coefficient (Wildman–Crippen LogP) is 6.29. The minimum atomic E-state index is 0.0151. The molecule has 1 aliphatic rings. The molecule has 5 aromatic rings. The Balaban J connectivity index is 1.44. The zero-order chi connectivity index (χ0) is 29.2. The van der Waals surface area contributed by atoms with E-state index in [1.165, 1.54) is 43.6 Å². The number of hydrogen-bond donors (Lipinski definition) is 0. The summed E-state index contributed by atoms with van der Waals surface area (Å²) in [5.74, 6) is 0.713. The van der Waals surface area contributed by atoms with Gasteiger partial charge in [0.05, 0.1) is 17.7 Å². The average molecular weight is 593 g/mol. The van der Waals surface area contributed by atoms with Crippen LogP contribution in [-0.4, -0.2) is 18.2 Å². The SMILES string of the molecule is CCN1C=CC(=CC=c2sc(=CC(=Cc3sc4c5ccccc5ccc4[n+]3CC)OC)n(CC)c2=O)c2ccccc21. The zero-order valence-electron chi connectivity index (χ0n) is 24.3. The van der Waals surface area contributed by atoms with Crippen molar-refractivity contribution in [3.8, 4) is 0 Å². The van der Waals surface area contributed by atoms with Crippen LogP contribution in [0.25, 0.3) is 44.8 Å². The number of allylic oxidation sites excluding steroid dienone is 4. The van der Waals surface area contributed by atoms with Gasteiger partial charge >= 0.3 is 0 Å². The number of hydrogen-bond acceptors (Lipinski definition) is 5. The molecule has 0 saturated carbocycles. The van der Waals surface area contributed by atoms with Crippen molar-refractivity contribution in [2.24, 2.45) is 0 Å². The maximum atomic E-state index is 13.4. The van der Waals surface area contributed by atoms with E-state index < -0.39 is 0 Å². The topological polar surface area (TPSA) is 38.4 Å². The summed E-state index contributed by atoms with van der Waals surface area (Å²) in [7, 11) is 1.69. The molecule has 0 fully saturated rings. The number of fused-ring (bicyclic) bond motifs is 4. The quantitative estimate of drug-likeness (QED) is 0.165. The number of para-hydroxylation sites is 1. The number of ether oxygens (including phenoxy) is 1. The zero-order valence-corrected chi connectivity index (χ0v) is 26.0. The minimum absolute atomic E-state index is 0.0151. The summed E-state index contributed by atoms with van der Waals surface area (Å²) in [4.78, 5) is 15.6. The minimum Gasteiger partial charge on any atom is -0.496 e. The van der Waals surface area contributed by atoms with E-state index in [1.54, 1.807) is 18.4 Å². The molecular formula is C35H34N3O2S2+. The molecule has 42 heavy (non-hydrogen) atoms. The van der Waals surface area contributed by atoms with Gasteiger partial charge in [-0.2, -0.15) is 4.57 Å². The van der Waals surface area contributed by atoms with Crippen LogP contribution in [0, 0.1) is 0 Å². The van der Waals surface area contributed by atoms with Crippen LogP contribution in [0.2, 0.25) is 0 Å². The van der Waals surface area contributed by atoms with Crippen LogP contribution in [0.1, 0.15) is 31.3 Å². The Kier molecular flexibility index (Phi) is 7.96. The Morgan fingerprint density at radius 1 is 0.952 bits per heavy atom. The number of aromatic nitrogens is 2. The van der Waals surface area contributed by atoms with E-state index in [-0.39, 0.29) is 5.56 Å². The van der Waals surface area contributed by atoms with Gasteiger partial charge in [0.1, 0.15) is 21.7 Å². The highest BCUT2D eigenvalue weighted by Crippen LogP contribution is 2.33. The van der Waals surface area contributed by atoms with E-state index in [2.05, 4.69) is 108 Å². The number of methoxy groups -OCH3 is 1. The maximum absolute atomic E-state index is 13.4. The summed E-state index contributed by atoms with van der Waals surface area (Å²) >= 11 is 3.26. The van der Waals surface area contributed by atoms with Crippen molar-refractivity contribution in [1.29, 1.82) is 0 Å². The second-order valence-electron chi connectivity index (χ2n) is 9.98. The first kappa shape index (κ1) is 27.9. The molecule has 6 rings (SSSR count). The van der Waals surface area contributed by atoms with Crippen molar-refractivity contribution in [2.75, 3.05) is 18.6 Å². The molecule has 0 saturated heterocycles. The summed E-state index contributed by atoms with van der Waals surface area (Å²) in [5.41, 5.74) is 4.68. The molecule has 2 aromatic heterocycles. The molecule has 0 N–H and O–H groups in total. The molecule has 0 atom stereocenters. The highest BCUT2D eigenvalue weighted by atomic mass is 32.1. The molecular weight excluding hydrogens is 559 g/mol. The number of thiazole rings is 2. The maximum Gasteiger partial charge on any atom is 0.269 e. The summed E-state index contributed by atoms with van der Waals surface area (Å²) in [6.07, 6.45) is 12.3. The third kappa shape index (κ3) is 5.03. The van der Waals surface area contributed by atoms with Gasteiger partial charge in [-0.05, 0) is 56.0 Å². The lowest BCUT2D eigenvalue weighted by atomic mass is 9.99. The Bertz CT molecular complexity index is 2070. The van der Waals surface area contributed by atoms with E-state index in [9.17, 15) is 4.79 Å². The predicted molar refractivity (Wildman–Crippen MR) is 179 cm³/mol. The van der Waals surface area contributed by atoms with E-state index in [0.29, 0.717) is 16.8 Å². The fourth-order valence-electron chi connectivity index (χ4n) is 5.52. The van der Waals surface area contributed by atoms with Crippen LogP contribution in [0.4, 0.5) is 5.69 Å². The molecule has 1 aliphatic heterocycles. The van der Waals surface area contributed by atoms with Crippen molar-refractivity contribution in [3.63, 3.8) is 0 Å². The number of aryl methyl sites for hydroxylation is 1. The molecule has 0 spiro atoms. The third-order valence-electron chi connectivity index (χ3n) is 7.67. The Morgan fingerprint density at radius 2 is 1.76 bits per heavy atom. The van der Waals surface area contributed by atoms with Gasteiger partial charge in [-0.25, -0.2) is 0 Å². The van der Waals surface area contributed by atoms with Gasteiger partial charge in [0.15, 0.2) is 0 Å². The third-order valence-corrected chi connectivity index (χ3v) is 9.93. The van der Waals surface area contributed by atoms with Crippen LogP contribution in [0.15, 0.2) is 89.6 Å². The van der Waals surface area contributed by atoms with Crippen molar-refractivity contribution < 1.29 is 9.30 Å². The summed E-state index contributed by atoms with van der Waals surface area (Å²) in [5, 5.41) is 3.61. The average Bonchev–Trinajstić information content (AvgIpc) is 3.54. The van der Waals surface area contributed by atoms with E-state index in [0.717, 1.165) is 28.3 Å². The van der Waals surface area contributed by atoms with Gasteiger partial charge in [-0.1, -0.05) is 59.9 Å². The van der Waals surface area contributed by atoms with Gasteiger partial charge in [0.25, 0.3) is 10.6 Å². The summed E-state index contributed by atoms with van der Waals surface area (Å²) in [6, 6.07) is 21.3. The highest BCUT2D eigenvalue weighted by Gasteiger charge is 2.20. The lowest BCUT2D eigenvalue weighted by Crippen LogP contribution is -2.33. The molecule has 0 amide bonds. The second kappa shape index (κ2) is 12.0. The fourth-order valence-corrected chi connectivity index (χ4v) is 7.87. The lowest BCUT2D eigenvalue weighted by Gasteiger charge is -2.26. The van der Waals surface area contributed by atoms with Crippen LogP contribution >= 0.6 is 22.7 Å². The molecule has 0 radical (unpaired) electrons. The van der Waals surface area contributed by atoms with Crippen LogP contribution in [0.5, 0.6) is 0 Å². The van der Waals surface area contributed by atoms with Gasteiger partial charge in [0, 0.05) is 48.1 Å². The first-order valence-electron chi connectivity index (χ1n) is 14.3. The monoisotopic (exact) mass is 592 g/mol. The van der Waals surface area contributed by atoms with Crippen LogP contribution in [-0.2, 0) is 17.8 Å². The molecule has 0 bridgehead atoms. The fraction of sp³-hybridized carbons (Fsp3) is 0.200. The van der Waals surface area contributed by atoms with Crippen molar-refractivity contribution >= 4 is 73.2 Å². The van der Waals surface area contributed by atoms with Gasteiger partial charge in [-0.3, -0.25) is 9.36 Å².